The predicted molar refractivity (Wildman–Crippen MR) is 107 cm³/mol. The van der Waals surface area contributed by atoms with Gasteiger partial charge in [0.25, 0.3) is 0 Å². The van der Waals surface area contributed by atoms with Crippen LogP contribution in [-0.4, -0.2) is 42.1 Å². The second-order valence-electron chi connectivity index (χ2n) is 6.81. The molecule has 1 atom stereocenters. The van der Waals surface area contributed by atoms with Gasteiger partial charge in [-0.25, -0.2) is 0 Å². The molecule has 0 spiro atoms. The lowest BCUT2D eigenvalue weighted by atomic mass is 10.1. The van der Waals surface area contributed by atoms with Gasteiger partial charge in [0, 0.05) is 11.3 Å². The Kier molecular flexibility index (Phi) is 7.33. The second kappa shape index (κ2) is 9.53. The molecule has 0 saturated heterocycles. The number of Topliss-reactive ketones (excluding diaryl/α,β-unsaturated/α-hetero) is 1. The van der Waals surface area contributed by atoms with E-state index in [0.29, 0.717) is 11.3 Å². The number of para-hydroxylation sites is 1. The molecular weight excluding hydrogens is 399 g/mol. The highest BCUT2D eigenvalue weighted by atomic mass is 19.4. The minimum atomic E-state index is -4.60. The summed E-state index contributed by atoms with van der Waals surface area (Å²) in [7, 11) is 1.51. The highest BCUT2D eigenvalue weighted by molar-refractivity contribution is 5.98. The van der Waals surface area contributed by atoms with Gasteiger partial charge in [0.2, 0.25) is 11.8 Å². The van der Waals surface area contributed by atoms with Gasteiger partial charge in [0.05, 0.1) is 23.8 Å². The lowest BCUT2D eigenvalue weighted by Crippen LogP contribution is -2.43. The molecule has 6 nitrogen and oxygen atoms in total. The highest BCUT2D eigenvalue weighted by Gasteiger charge is 2.33. The molecule has 0 heterocycles. The first-order valence-electron chi connectivity index (χ1n) is 9.07. The van der Waals surface area contributed by atoms with Crippen LogP contribution in [0.3, 0.4) is 0 Å². The summed E-state index contributed by atoms with van der Waals surface area (Å²) < 4.78 is 39.1. The van der Waals surface area contributed by atoms with Gasteiger partial charge in [-0.3, -0.25) is 19.3 Å². The third-order valence-corrected chi connectivity index (χ3v) is 4.50. The molecule has 160 valence electrons. The standard InChI is InChI=1S/C21H22F3N3O3/c1-13(20(30)25-16-10-8-15(9-11-16)14(2)28)27(3)12-19(29)26-18-7-5-4-6-17(18)21(22,23)24/h4-11,13H,12H2,1-3H3,(H,25,30)(H,26,29)/t13-/m0/s1. The number of nitrogens with zero attached hydrogens (tertiary/aromatic N) is 1. The normalized spacial score (nSPS) is 12.4. The molecule has 9 heteroatoms. The number of alkyl halides is 3. The Balaban J connectivity index is 1.96. The Morgan fingerprint density at radius 1 is 1.00 bits per heavy atom. The molecule has 0 aliphatic heterocycles. The van der Waals surface area contributed by atoms with Crippen molar-refractivity contribution in [1.82, 2.24) is 4.90 Å². The molecule has 0 aliphatic carbocycles. The quantitative estimate of drug-likeness (QED) is 0.667. The largest absolute Gasteiger partial charge is 0.418 e. The molecule has 2 N–H and O–H groups in total. The first kappa shape index (κ1) is 23.1. The van der Waals surface area contributed by atoms with E-state index in [9.17, 15) is 27.6 Å². The van der Waals surface area contributed by atoms with E-state index in [-0.39, 0.29) is 18.0 Å². The van der Waals surface area contributed by atoms with E-state index in [1.165, 1.54) is 37.1 Å². The first-order valence-corrected chi connectivity index (χ1v) is 9.07. The number of rotatable bonds is 7. The molecule has 30 heavy (non-hydrogen) atoms. The molecule has 2 aromatic carbocycles. The van der Waals surface area contributed by atoms with Crippen molar-refractivity contribution in [3.63, 3.8) is 0 Å². The number of ketones is 1. The molecule has 0 radical (unpaired) electrons. The van der Waals surface area contributed by atoms with Gasteiger partial charge in [0.15, 0.2) is 5.78 Å². The Bertz CT molecular complexity index is 927. The number of nitrogens with one attached hydrogen (secondary N) is 2. The molecule has 2 aromatic rings. The minimum Gasteiger partial charge on any atom is -0.325 e. The second-order valence-corrected chi connectivity index (χ2v) is 6.81. The van der Waals surface area contributed by atoms with Crippen LogP contribution in [0.4, 0.5) is 24.5 Å². The fourth-order valence-electron chi connectivity index (χ4n) is 2.63. The van der Waals surface area contributed by atoms with E-state index in [2.05, 4.69) is 10.6 Å². The summed E-state index contributed by atoms with van der Waals surface area (Å²) in [6, 6.07) is 10.3. The zero-order chi connectivity index (χ0) is 22.5. The molecular formula is C21H22F3N3O3. The van der Waals surface area contributed by atoms with Gasteiger partial charge >= 0.3 is 6.18 Å². The molecule has 0 saturated carbocycles. The number of anilines is 2. The molecule has 0 aliphatic rings. The Morgan fingerprint density at radius 2 is 1.60 bits per heavy atom. The first-order chi connectivity index (χ1) is 14.0. The summed E-state index contributed by atoms with van der Waals surface area (Å²) in [5, 5.41) is 4.91. The number of hydrogen-bond acceptors (Lipinski definition) is 4. The zero-order valence-corrected chi connectivity index (χ0v) is 16.7. The summed E-state index contributed by atoms with van der Waals surface area (Å²) in [6.07, 6.45) is -4.60. The van der Waals surface area contributed by atoms with Crippen LogP contribution in [0.15, 0.2) is 48.5 Å². The number of amides is 2. The van der Waals surface area contributed by atoms with Crippen molar-refractivity contribution in [1.29, 1.82) is 0 Å². The van der Waals surface area contributed by atoms with Crippen molar-refractivity contribution in [3.05, 3.63) is 59.7 Å². The van der Waals surface area contributed by atoms with Gasteiger partial charge in [0.1, 0.15) is 0 Å². The maximum atomic E-state index is 13.0. The molecule has 2 rings (SSSR count). The Labute approximate surface area is 172 Å². The van der Waals surface area contributed by atoms with Crippen molar-refractivity contribution in [2.75, 3.05) is 24.2 Å². The van der Waals surface area contributed by atoms with Crippen LogP contribution in [0.25, 0.3) is 0 Å². The average molecular weight is 421 g/mol. The lowest BCUT2D eigenvalue weighted by molar-refractivity contribution is -0.137. The molecule has 0 bridgehead atoms. The molecule has 0 unspecified atom stereocenters. The van der Waals surface area contributed by atoms with Crippen LogP contribution in [0.2, 0.25) is 0 Å². The fraction of sp³-hybridized carbons (Fsp3) is 0.286. The van der Waals surface area contributed by atoms with Gasteiger partial charge < -0.3 is 10.6 Å². The zero-order valence-electron chi connectivity index (χ0n) is 16.7. The molecule has 2 amide bonds. The van der Waals surface area contributed by atoms with Gasteiger partial charge in [-0.2, -0.15) is 13.2 Å². The maximum absolute atomic E-state index is 13.0. The minimum absolute atomic E-state index is 0.0981. The van der Waals surface area contributed by atoms with Crippen LogP contribution < -0.4 is 10.6 Å². The smallest absolute Gasteiger partial charge is 0.325 e. The van der Waals surface area contributed by atoms with Crippen molar-refractivity contribution >= 4 is 29.0 Å². The molecule has 0 fully saturated rings. The van der Waals surface area contributed by atoms with E-state index in [0.717, 1.165) is 6.07 Å². The number of carbonyl (C=O) groups excluding carboxylic acids is 3. The average Bonchev–Trinajstić information content (AvgIpc) is 2.67. The number of hydrogen-bond donors (Lipinski definition) is 2. The predicted octanol–water partition coefficient (Wildman–Crippen LogP) is 3.81. The van der Waals surface area contributed by atoms with Crippen LogP contribution in [0, 0.1) is 0 Å². The van der Waals surface area contributed by atoms with Gasteiger partial charge in [-0.15, -0.1) is 0 Å². The summed E-state index contributed by atoms with van der Waals surface area (Å²) in [5.74, 6) is -1.18. The fourth-order valence-corrected chi connectivity index (χ4v) is 2.63. The van der Waals surface area contributed by atoms with E-state index < -0.39 is 29.6 Å². The van der Waals surface area contributed by atoms with Gasteiger partial charge in [-0.1, -0.05) is 12.1 Å². The van der Waals surface area contributed by atoms with Crippen molar-refractivity contribution in [3.8, 4) is 0 Å². The molecule has 0 aromatic heterocycles. The van der Waals surface area contributed by atoms with Crippen LogP contribution in [-0.2, 0) is 15.8 Å². The van der Waals surface area contributed by atoms with Crippen molar-refractivity contribution in [2.45, 2.75) is 26.1 Å². The van der Waals surface area contributed by atoms with E-state index in [1.54, 1.807) is 31.2 Å². The number of benzene rings is 2. The van der Waals surface area contributed by atoms with E-state index in [1.807, 2.05) is 0 Å². The highest BCUT2D eigenvalue weighted by Crippen LogP contribution is 2.34. The number of likely N-dealkylation sites (N-methyl/N-ethyl adjacent to an activating group) is 1. The van der Waals surface area contributed by atoms with Crippen LogP contribution >= 0.6 is 0 Å². The van der Waals surface area contributed by atoms with E-state index in [4.69, 9.17) is 0 Å². The van der Waals surface area contributed by atoms with E-state index >= 15 is 0 Å². The van der Waals surface area contributed by atoms with Crippen LogP contribution in [0.1, 0.15) is 29.8 Å². The monoisotopic (exact) mass is 421 g/mol. The van der Waals surface area contributed by atoms with Crippen molar-refractivity contribution < 1.29 is 27.6 Å². The SMILES string of the molecule is CC(=O)c1ccc(NC(=O)[C@H](C)N(C)CC(=O)Nc2ccccc2C(F)(F)F)cc1. The lowest BCUT2D eigenvalue weighted by Gasteiger charge is -2.23. The van der Waals surface area contributed by atoms with Crippen molar-refractivity contribution in [2.24, 2.45) is 0 Å². The Morgan fingerprint density at radius 3 is 2.17 bits per heavy atom. The van der Waals surface area contributed by atoms with Crippen LogP contribution in [0.5, 0.6) is 0 Å². The summed E-state index contributed by atoms with van der Waals surface area (Å²) in [5.41, 5.74) is -0.297. The summed E-state index contributed by atoms with van der Waals surface area (Å²) in [4.78, 5) is 37.3. The third-order valence-electron chi connectivity index (χ3n) is 4.50. The summed E-state index contributed by atoms with van der Waals surface area (Å²) >= 11 is 0. The number of halogens is 3. The number of carbonyl (C=O) groups is 3. The summed E-state index contributed by atoms with van der Waals surface area (Å²) in [6.45, 7) is 2.71. The maximum Gasteiger partial charge on any atom is 0.418 e. The van der Waals surface area contributed by atoms with Gasteiger partial charge in [-0.05, 0) is 57.3 Å². The topological polar surface area (TPSA) is 78.5 Å². The Hall–Kier alpha value is -3.20. The third kappa shape index (κ3) is 6.15.